The van der Waals surface area contributed by atoms with Crippen molar-refractivity contribution in [3.63, 3.8) is 0 Å². The monoisotopic (exact) mass is 540 g/mol. The first-order valence-electron chi connectivity index (χ1n) is 13.7. The number of carbonyl (C=O) groups is 2. The average molecular weight is 541 g/mol. The van der Waals surface area contributed by atoms with Gasteiger partial charge in [-0.3, -0.25) is 9.59 Å². The molecule has 2 aliphatic rings. The Bertz CT molecular complexity index is 1520. The highest BCUT2D eigenvalue weighted by Crippen LogP contribution is 2.44. The smallest absolute Gasteiger partial charge is 0.255 e. The van der Waals surface area contributed by atoms with Gasteiger partial charge < -0.3 is 19.7 Å². The van der Waals surface area contributed by atoms with E-state index >= 15 is 0 Å². The SMILES string of the molecule is CCC(C)C(C(=O)N1CCN(c2cccc(Cl)c2)CC1)N1C(=O)c2ccccc2C1c1c[nH]c2ccccc12. The van der Waals surface area contributed by atoms with Crippen molar-refractivity contribution >= 4 is 40.0 Å². The second-order valence-electron chi connectivity index (χ2n) is 10.6. The number of aromatic nitrogens is 1. The standard InChI is InChI=1S/C32H33ClN4O2/c1-3-21(2)29(32(39)36-17-15-35(16-18-36)23-10-8-9-22(33)19-23)37-30(25-12-4-5-13-26(25)31(37)38)27-20-34-28-14-7-6-11-24(27)28/h4-14,19-21,29-30,34H,3,15-18H2,1-2H3. The number of carbonyl (C=O) groups excluding carboxylic acids is 2. The molecule has 1 N–H and O–H groups in total. The minimum atomic E-state index is -0.564. The third-order valence-corrected chi connectivity index (χ3v) is 8.65. The second-order valence-corrected chi connectivity index (χ2v) is 11.1. The largest absolute Gasteiger partial charge is 0.368 e. The number of hydrogen-bond donors (Lipinski definition) is 1. The van der Waals surface area contributed by atoms with Crippen LogP contribution < -0.4 is 4.90 Å². The van der Waals surface area contributed by atoms with Gasteiger partial charge in [-0.15, -0.1) is 0 Å². The number of nitrogens with one attached hydrogen (secondary N) is 1. The molecule has 0 saturated carbocycles. The Hall–Kier alpha value is -3.77. The Morgan fingerprint density at radius 1 is 0.974 bits per heavy atom. The van der Waals surface area contributed by atoms with E-state index in [9.17, 15) is 9.59 Å². The molecule has 2 amide bonds. The molecule has 200 valence electrons. The van der Waals surface area contributed by atoms with E-state index in [0.29, 0.717) is 23.7 Å². The maximum atomic E-state index is 14.3. The number of benzene rings is 3. The quantitative estimate of drug-likeness (QED) is 0.320. The van der Waals surface area contributed by atoms with Gasteiger partial charge in [0.15, 0.2) is 0 Å². The van der Waals surface area contributed by atoms with Gasteiger partial charge in [0, 0.05) is 65.1 Å². The Labute approximate surface area is 234 Å². The number of nitrogens with zero attached hydrogens (tertiary/aromatic N) is 3. The van der Waals surface area contributed by atoms with E-state index in [1.54, 1.807) is 0 Å². The summed E-state index contributed by atoms with van der Waals surface area (Å²) in [6.07, 6.45) is 2.79. The molecular weight excluding hydrogens is 508 g/mol. The summed E-state index contributed by atoms with van der Waals surface area (Å²) in [5.41, 5.74) is 4.75. The molecule has 4 aromatic rings. The third kappa shape index (κ3) is 4.47. The topological polar surface area (TPSA) is 59.7 Å². The first-order chi connectivity index (χ1) is 19.0. The fourth-order valence-corrected chi connectivity index (χ4v) is 6.35. The number of hydrogen-bond acceptors (Lipinski definition) is 3. The predicted molar refractivity (Wildman–Crippen MR) is 156 cm³/mol. The molecule has 2 aliphatic heterocycles. The molecule has 1 saturated heterocycles. The Balaban J connectivity index is 1.34. The number of H-pyrrole nitrogens is 1. The summed E-state index contributed by atoms with van der Waals surface area (Å²) in [7, 11) is 0. The second kappa shape index (κ2) is 10.4. The molecule has 7 heteroatoms. The van der Waals surface area contributed by atoms with Crippen molar-refractivity contribution in [1.29, 1.82) is 0 Å². The minimum absolute atomic E-state index is 0.00516. The van der Waals surface area contributed by atoms with Crippen LogP contribution >= 0.6 is 11.6 Å². The first kappa shape index (κ1) is 25.5. The van der Waals surface area contributed by atoms with Gasteiger partial charge >= 0.3 is 0 Å². The highest BCUT2D eigenvalue weighted by atomic mass is 35.5. The molecule has 1 aromatic heterocycles. The fraction of sp³-hybridized carbons (Fsp3) is 0.312. The summed E-state index contributed by atoms with van der Waals surface area (Å²) >= 11 is 6.22. The van der Waals surface area contributed by atoms with Gasteiger partial charge in [-0.05, 0) is 41.8 Å². The van der Waals surface area contributed by atoms with E-state index in [1.807, 2.05) is 76.7 Å². The molecule has 0 spiro atoms. The van der Waals surface area contributed by atoms with Crippen molar-refractivity contribution in [2.45, 2.75) is 32.4 Å². The zero-order valence-corrected chi connectivity index (χ0v) is 23.1. The predicted octanol–water partition coefficient (Wildman–Crippen LogP) is 6.13. The van der Waals surface area contributed by atoms with Gasteiger partial charge in [-0.25, -0.2) is 0 Å². The van der Waals surface area contributed by atoms with Crippen LogP contribution in [0.5, 0.6) is 0 Å². The summed E-state index contributed by atoms with van der Waals surface area (Å²) in [5.74, 6) is -0.0485. The summed E-state index contributed by atoms with van der Waals surface area (Å²) in [6.45, 7) is 6.83. The lowest BCUT2D eigenvalue weighted by molar-refractivity contribution is -0.138. The zero-order valence-electron chi connectivity index (χ0n) is 22.3. The molecule has 0 aliphatic carbocycles. The zero-order chi connectivity index (χ0) is 27.1. The van der Waals surface area contributed by atoms with Crippen molar-refractivity contribution in [3.8, 4) is 0 Å². The van der Waals surface area contributed by atoms with E-state index < -0.39 is 6.04 Å². The van der Waals surface area contributed by atoms with Gasteiger partial charge in [-0.1, -0.05) is 74.3 Å². The highest BCUT2D eigenvalue weighted by Gasteiger charge is 2.47. The highest BCUT2D eigenvalue weighted by molar-refractivity contribution is 6.30. The fourth-order valence-electron chi connectivity index (χ4n) is 6.17. The van der Waals surface area contributed by atoms with Gasteiger partial charge in [0.05, 0.1) is 6.04 Å². The van der Waals surface area contributed by atoms with Crippen LogP contribution in [-0.2, 0) is 4.79 Å². The van der Waals surface area contributed by atoms with Crippen molar-refractivity contribution in [2.24, 2.45) is 5.92 Å². The molecule has 6 nitrogen and oxygen atoms in total. The van der Waals surface area contributed by atoms with Crippen LogP contribution in [0.15, 0.2) is 79.0 Å². The molecule has 0 bridgehead atoms. The van der Waals surface area contributed by atoms with Crippen LogP contribution in [-0.4, -0.2) is 58.8 Å². The van der Waals surface area contributed by atoms with E-state index in [0.717, 1.165) is 47.2 Å². The molecular formula is C32H33ClN4O2. The van der Waals surface area contributed by atoms with E-state index in [2.05, 4.69) is 35.9 Å². The summed E-state index contributed by atoms with van der Waals surface area (Å²) in [5, 5.41) is 1.78. The molecule has 3 aromatic carbocycles. The number of amides is 2. The number of halogens is 1. The van der Waals surface area contributed by atoms with Crippen LogP contribution in [0.1, 0.15) is 47.8 Å². The van der Waals surface area contributed by atoms with Gasteiger partial charge in [-0.2, -0.15) is 0 Å². The Morgan fingerprint density at radius 2 is 1.72 bits per heavy atom. The van der Waals surface area contributed by atoms with Crippen molar-refractivity contribution in [2.75, 3.05) is 31.1 Å². The lowest BCUT2D eigenvalue weighted by Gasteiger charge is -2.42. The maximum absolute atomic E-state index is 14.3. The van der Waals surface area contributed by atoms with Gasteiger partial charge in [0.2, 0.25) is 5.91 Å². The lowest BCUT2D eigenvalue weighted by atomic mass is 9.92. The minimum Gasteiger partial charge on any atom is -0.368 e. The number of rotatable bonds is 6. The number of para-hydroxylation sites is 1. The molecule has 1 fully saturated rings. The number of fused-ring (bicyclic) bond motifs is 2. The Kier molecular flexibility index (Phi) is 6.81. The summed E-state index contributed by atoms with van der Waals surface area (Å²) in [6, 6.07) is 22.9. The van der Waals surface area contributed by atoms with Crippen LogP contribution in [0.4, 0.5) is 5.69 Å². The summed E-state index contributed by atoms with van der Waals surface area (Å²) in [4.78, 5) is 37.9. The number of piperazine rings is 1. The van der Waals surface area contributed by atoms with Crippen LogP contribution in [0, 0.1) is 5.92 Å². The van der Waals surface area contributed by atoms with E-state index in [1.165, 1.54) is 0 Å². The van der Waals surface area contributed by atoms with Crippen LogP contribution in [0.2, 0.25) is 5.02 Å². The maximum Gasteiger partial charge on any atom is 0.255 e. The molecule has 6 rings (SSSR count). The normalized spacial score (nSPS) is 18.9. The first-order valence-corrected chi connectivity index (χ1v) is 14.1. The van der Waals surface area contributed by atoms with Gasteiger partial charge in [0.1, 0.15) is 6.04 Å². The van der Waals surface area contributed by atoms with E-state index in [-0.39, 0.29) is 23.8 Å². The average Bonchev–Trinajstić information content (AvgIpc) is 3.52. The molecule has 3 atom stereocenters. The van der Waals surface area contributed by atoms with Crippen LogP contribution in [0.25, 0.3) is 10.9 Å². The van der Waals surface area contributed by atoms with Crippen molar-refractivity contribution < 1.29 is 9.59 Å². The van der Waals surface area contributed by atoms with Crippen molar-refractivity contribution in [1.82, 2.24) is 14.8 Å². The third-order valence-electron chi connectivity index (χ3n) is 8.41. The summed E-state index contributed by atoms with van der Waals surface area (Å²) < 4.78 is 0. The molecule has 39 heavy (non-hydrogen) atoms. The lowest BCUT2D eigenvalue weighted by Crippen LogP contribution is -2.57. The molecule has 3 unspecified atom stereocenters. The van der Waals surface area contributed by atoms with Gasteiger partial charge in [0.25, 0.3) is 5.91 Å². The molecule has 3 heterocycles. The van der Waals surface area contributed by atoms with Crippen LogP contribution in [0.3, 0.4) is 0 Å². The Morgan fingerprint density at radius 3 is 2.49 bits per heavy atom. The van der Waals surface area contributed by atoms with E-state index in [4.69, 9.17) is 11.6 Å². The molecule has 0 radical (unpaired) electrons. The number of aromatic amines is 1. The van der Waals surface area contributed by atoms with Crippen molar-refractivity contribution in [3.05, 3.63) is 101 Å². The number of anilines is 1.